The molecule has 0 fully saturated rings. The third-order valence-corrected chi connectivity index (χ3v) is 4.79. The van der Waals surface area contributed by atoms with Crippen LogP contribution in [0.2, 0.25) is 0 Å². The van der Waals surface area contributed by atoms with E-state index in [1.54, 1.807) is 54.6 Å². The standard InChI is InChI=1S/C23H24N4O5/c24-19(11-16-7-3-1-4-8-16)22(29)27(20(23(30)31)12-17-13-25-15-26-17)21(28)14-32-18-9-5-2-6-10-18/h1-10,13,15,19-20H,11-12,14,24H2,(H,25,26)(H,30,31)/t19-,20-/m0/s1. The number of nitrogens with zero attached hydrogens (tertiary/aromatic N) is 2. The number of amides is 2. The molecule has 0 bridgehead atoms. The van der Waals surface area contributed by atoms with Crippen LogP contribution < -0.4 is 10.5 Å². The molecule has 2 aromatic carbocycles. The quantitative estimate of drug-likeness (QED) is 0.437. The highest BCUT2D eigenvalue weighted by molar-refractivity contribution is 6.02. The summed E-state index contributed by atoms with van der Waals surface area (Å²) >= 11 is 0. The number of carboxylic acid groups (broad SMARTS) is 1. The Hall–Kier alpha value is -3.98. The number of hydrogen-bond acceptors (Lipinski definition) is 6. The number of para-hydroxylation sites is 1. The molecule has 0 aliphatic heterocycles. The lowest BCUT2D eigenvalue weighted by Crippen LogP contribution is -2.56. The molecule has 0 saturated carbocycles. The summed E-state index contributed by atoms with van der Waals surface area (Å²) in [6.45, 7) is -0.513. The summed E-state index contributed by atoms with van der Waals surface area (Å²) in [5.41, 5.74) is 7.36. The number of aromatic nitrogens is 2. The van der Waals surface area contributed by atoms with E-state index in [0.29, 0.717) is 16.3 Å². The van der Waals surface area contributed by atoms with Gasteiger partial charge in [-0.2, -0.15) is 0 Å². The van der Waals surface area contributed by atoms with Gasteiger partial charge in [-0.15, -0.1) is 0 Å². The molecule has 0 aliphatic carbocycles. The second-order valence-corrected chi connectivity index (χ2v) is 7.13. The van der Waals surface area contributed by atoms with Crippen LogP contribution in [0.3, 0.4) is 0 Å². The Morgan fingerprint density at radius 2 is 1.69 bits per heavy atom. The van der Waals surface area contributed by atoms with Crippen LogP contribution in [0, 0.1) is 0 Å². The molecule has 3 aromatic rings. The first kappa shape index (κ1) is 22.7. The highest BCUT2D eigenvalue weighted by atomic mass is 16.5. The number of aromatic amines is 1. The van der Waals surface area contributed by atoms with Gasteiger partial charge < -0.3 is 20.6 Å². The molecule has 0 radical (unpaired) electrons. The maximum Gasteiger partial charge on any atom is 0.327 e. The number of rotatable bonds is 10. The van der Waals surface area contributed by atoms with Gasteiger partial charge >= 0.3 is 5.97 Å². The molecule has 9 heteroatoms. The van der Waals surface area contributed by atoms with E-state index in [-0.39, 0.29) is 12.8 Å². The number of hydrogen-bond donors (Lipinski definition) is 3. The van der Waals surface area contributed by atoms with Gasteiger partial charge in [0.2, 0.25) is 5.91 Å². The summed E-state index contributed by atoms with van der Waals surface area (Å²) in [5, 5.41) is 9.83. The number of nitrogens with two attached hydrogens (primary N) is 1. The Kier molecular flexibility index (Phi) is 7.71. The number of imide groups is 1. The second-order valence-electron chi connectivity index (χ2n) is 7.13. The van der Waals surface area contributed by atoms with Crippen LogP contribution in [0.5, 0.6) is 5.75 Å². The van der Waals surface area contributed by atoms with Crippen molar-refractivity contribution in [2.75, 3.05) is 6.61 Å². The maximum atomic E-state index is 13.2. The normalized spacial score (nSPS) is 12.5. The Bertz CT molecular complexity index is 1030. The molecule has 3 rings (SSSR count). The summed E-state index contributed by atoms with van der Waals surface area (Å²) in [4.78, 5) is 45.7. The van der Waals surface area contributed by atoms with Crippen LogP contribution in [0.4, 0.5) is 0 Å². The van der Waals surface area contributed by atoms with Gasteiger partial charge in [-0.25, -0.2) is 9.78 Å². The highest BCUT2D eigenvalue weighted by Gasteiger charge is 2.37. The summed E-state index contributed by atoms with van der Waals surface area (Å²) < 4.78 is 5.46. The average molecular weight is 436 g/mol. The van der Waals surface area contributed by atoms with Crippen molar-refractivity contribution in [2.24, 2.45) is 5.73 Å². The molecule has 0 unspecified atom stereocenters. The first-order chi connectivity index (χ1) is 15.5. The predicted molar refractivity (Wildman–Crippen MR) is 116 cm³/mol. The zero-order valence-corrected chi connectivity index (χ0v) is 17.3. The largest absolute Gasteiger partial charge is 0.484 e. The van der Waals surface area contributed by atoms with E-state index >= 15 is 0 Å². The minimum Gasteiger partial charge on any atom is -0.484 e. The minimum absolute atomic E-state index is 0.143. The van der Waals surface area contributed by atoms with Gasteiger partial charge in [-0.05, 0) is 24.1 Å². The molecule has 1 heterocycles. The first-order valence-electron chi connectivity index (χ1n) is 9.99. The predicted octanol–water partition coefficient (Wildman–Crippen LogP) is 1.41. The number of nitrogens with one attached hydrogen (secondary N) is 1. The molecule has 4 N–H and O–H groups in total. The molecule has 0 saturated heterocycles. The summed E-state index contributed by atoms with van der Waals surface area (Å²) in [6, 6.07) is 15.0. The lowest BCUT2D eigenvalue weighted by atomic mass is 10.0. The van der Waals surface area contributed by atoms with E-state index in [4.69, 9.17) is 10.5 Å². The molecule has 1 aromatic heterocycles. The van der Waals surface area contributed by atoms with Gasteiger partial charge in [0.1, 0.15) is 11.8 Å². The van der Waals surface area contributed by atoms with Gasteiger partial charge in [0.15, 0.2) is 6.61 Å². The number of carboxylic acids is 1. The SMILES string of the molecule is N[C@@H](Cc1ccccc1)C(=O)N(C(=O)COc1ccccc1)[C@@H](Cc1cnc[nH]1)C(=O)O. The minimum atomic E-state index is -1.48. The summed E-state index contributed by atoms with van der Waals surface area (Å²) in [6.07, 6.45) is 2.84. The van der Waals surface area contributed by atoms with E-state index in [1.807, 2.05) is 6.07 Å². The van der Waals surface area contributed by atoms with Crippen molar-refractivity contribution >= 4 is 17.8 Å². The van der Waals surface area contributed by atoms with Crippen LogP contribution in [0.25, 0.3) is 0 Å². The number of ether oxygens (including phenoxy) is 1. The Labute approximate surface area is 184 Å². The fourth-order valence-corrected chi connectivity index (χ4v) is 3.21. The fourth-order valence-electron chi connectivity index (χ4n) is 3.21. The lowest BCUT2D eigenvalue weighted by Gasteiger charge is -2.29. The molecule has 2 atom stereocenters. The van der Waals surface area contributed by atoms with E-state index in [2.05, 4.69) is 9.97 Å². The lowest BCUT2D eigenvalue weighted by molar-refractivity contribution is -0.159. The summed E-state index contributed by atoms with van der Waals surface area (Å²) in [5.74, 6) is -2.51. The number of carbonyl (C=O) groups is 3. The molecule has 2 amide bonds. The second kappa shape index (κ2) is 10.9. The number of benzene rings is 2. The smallest absolute Gasteiger partial charge is 0.327 e. The molecular formula is C23H24N4O5. The number of H-pyrrole nitrogens is 1. The third kappa shape index (κ3) is 6.02. The van der Waals surface area contributed by atoms with Crippen molar-refractivity contribution < 1.29 is 24.2 Å². The number of carbonyl (C=O) groups excluding carboxylic acids is 2. The topological polar surface area (TPSA) is 139 Å². The number of aliphatic carboxylic acids is 1. The van der Waals surface area contributed by atoms with Crippen LogP contribution in [-0.4, -0.2) is 56.4 Å². The van der Waals surface area contributed by atoms with Gasteiger partial charge in [-0.3, -0.25) is 14.5 Å². The van der Waals surface area contributed by atoms with Gasteiger partial charge in [-0.1, -0.05) is 48.5 Å². The van der Waals surface area contributed by atoms with E-state index < -0.39 is 36.5 Å². The van der Waals surface area contributed by atoms with Crippen molar-refractivity contribution in [3.63, 3.8) is 0 Å². The monoisotopic (exact) mass is 436 g/mol. The van der Waals surface area contributed by atoms with Crippen LogP contribution in [0.15, 0.2) is 73.2 Å². The molecule has 0 aliphatic rings. The molecular weight excluding hydrogens is 412 g/mol. The van der Waals surface area contributed by atoms with Crippen molar-refractivity contribution in [2.45, 2.75) is 24.9 Å². The van der Waals surface area contributed by atoms with Crippen molar-refractivity contribution in [3.8, 4) is 5.75 Å². The first-order valence-corrected chi connectivity index (χ1v) is 9.99. The van der Waals surface area contributed by atoms with Gasteiger partial charge in [0.25, 0.3) is 5.91 Å². The van der Waals surface area contributed by atoms with Crippen molar-refractivity contribution in [1.29, 1.82) is 0 Å². The van der Waals surface area contributed by atoms with Gasteiger partial charge in [0.05, 0.1) is 12.4 Å². The molecule has 9 nitrogen and oxygen atoms in total. The van der Waals surface area contributed by atoms with E-state index in [0.717, 1.165) is 5.56 Å². The maximum absolute atomic E-state index is 13.2. The zero-order valence-electron chi connectivity index (χ0n) is 17.3. The Morgan fingerprint density at radius 3 is 2.28 bits per heavy atom. The summed E-state index contributed by atoms with van der Waals surface area (Å²) in [7, 11) is 0. The van der Waals surface area contributed by atoms with E-state index in [1.165, 1.54) is 12.5 Å². The third-order valence-electron chi connectivity index (χ3n) is 4.79. The van der Waals surface area contributed by atoms with Crippen molar-refractivity contribution in [3.05, 3.63) is 84.4 Å². The van der Waals surface area contributed by atoms with Crippen LogP contribution >= 0.6 is 0 Å². The molecule has 32 heavy (non-hydrogen) atoms. The fraction of sp³-hybridized carbons (Fsp3) is 0.217. The zero-order chi connectivity index (χ0) is 22.9. The van der Waals surface area contributed by atoms with Crippen LogP contribution in [0.1, 0.15) is 11.3 Å². The van der Waals surface area contributed by atoms with Crippen LogP contribution in [-0.2, 0) is 27.2 Å². The van der Waals surface area contributed by atoms with Gasteiger partial charge in [0, 0.05) is 18.3 Å². The van der Waals surface area contributed by atoms with E-state index in [9.17, 15) is 19.5 Å². The Balaban J connectivity index is 1.83. The van der Waals surface area contributed by atoms with Crippen molar-refractivity contribution in [1.82, 2.24) is 14.9 Å². The molecule has 166 valence electrons. The molecule has 0 spiro atoms. The highest BCUT2D eigenvalue weighted by Crippen LogP contribution is 2.14. The number of imidazole rings is 1. The average Bonchev–Trinajstić information content (AvgIpc) is 3.31. The Morgan fingerprint density at radius 1 is 1.03 bits per heavy atom.